The van der Waals surface area contributed by atoms with E-state index in [-0.39, 0.29) is 17.8 Å². The highest BCUT2D eigenvalue weighted by atomic mass is 16.2. The first-order valence-electron chi connectivity index (χ1n) is 9.32. The molecule has 26 heavy (non-hydrogen) atoms. The Morgan fingerprint density at radius 3 is 2.65 bits per heavy atom. The number of anilines is 1. The maximum Gasteiger partial charge on any atom is 0.321 e. The van der Waals surface area contributed by atoms with Crippen LogP contribution in [0.4, 0.5) is 10.5 Å². The molecular formula is C19H26N4O3. The first kappa shape index (κ1) is 18.2. The average Bonchev–Trinajstić information content (AvgIpc) is 3.09. The zero-order chi connectivity index (χ0) is 18.6. The van der Waals surface area contributed by atoms with Crippen LogP contribution in [0.15, 0.2) is 24.3 Å². The van der Waals surface area contributed by atoms with Gasteiger partial charge < -0.3 is 16.0 Å². The van der Waals surface area contributed by atoms with Crippen LogP contribution in [-0.2, 0) is 4.79 Å². The molecule has 0 radical (unpaired) electrons. The van der Waals surface area contributed by atoms with Gasteiger partial charge in [0.1, 0.15) is 5.54 Å². The molecule has 0 atom stereocenters. The van der Waals surface area contributed by atoms with Crippen molar-refractivity contribution < 1.29 is 14.4 Å². The fourth-order valence-corrected chi connectivity index (χ4v) is 3.72. The summed E-state index contributed by atoms with van der Waals surface area (Å²) >= 11 is 0. The molecule has 1 aromatic rings. The Labute approximate surface area is 153 Å². The highest BCUT2D eigenvalue weighted by Crippen LogP contribution is 2.29. The van der Waals surface area contributed by atoms with Crippen molar-refractivity contribution in [1.82, 2.24) is 16.0 Å². The van der Waals surface area contributed by atoms with E-state index < -0.39 is 5.54 Å². The van der Waals surface area contributed by atoms with Gasteiger partial charge in [-0.1, -0.05) is 25.3 Å². The first-order chi connectivity index (χ1) is 12.6. The van der Waals surface area contributed by atoms with Crippen LogP contribution in [0, 0.1) is 0 Å². The van der Waals surface area contributed by atoms with Gasteiger partial charge in [0.05, 0.1) is 0 Å². The topological polar surface area (TPSA) is 90.5 Å². The molecule has 1 aromatic carbocycles. The number of hydrogen-bond acceptors (Lipinski definition) is 3. The maximum absolute atomic E-state index is 12.9. The van der Waals surface area contributed by atoms with E-state index >= 15 is 0 Å². The third-order valence-electron chi connectivity index (χ3n) is 5.11. The third kappa shape index (κ3) is 3.66. The normalized spacial score (nSPS) is 19.0. The molecule has 0 unspecified atom stereocenters. The summed E-state index contributed by atoms with van der Waals surface area (Å²) in [5.74, 6) is -0.386. The predicted molar refractivity (Wildman–Crippen MR) is 99.2 cm³/mol. The van der Waals surface area contributed by atoms with Crippen LogP contribution < -0.4 is 20.9 Å². The molecule has 0 bridgehead atoms. The molecule has 0 spiro atoms. The van der Waals surface area contributed by atoms with Gasteiger partial charge >= 0.3 is 6.03 Å². The molecule has 3 rings (SSSR count). The number of urea groups is 1. The summed E-state index contributed by atoms with van der Waals surface area (Å²) in [6.45, 7) is 3.58. The number of hydrogen-bond donors (Lipinski definition) is 3. The van der Waals surface area contributed by atoms with Crippen LogP contribution >= 0.6 is 0 Å². The lowest BCUT2D eigenvalue weighted by Crippen LogP contribution is -2.59. The van der Waals surface area contributed by atoms with E-state index in [2.05, 4.69) is 16.0 Å². The second kappa shape index (κ2) is 7.76. The fourth-order valence-electron chi connectivity index (χ4n) is 3.72. The molecule has 1 aliphatic carbocycles. The summed E-state index contributed by atoms with van der Waals surface area (Å²) in [5, 5.41) is 8.60. The lowest BCUT2D eigenvalue weighted by molar-refractivity contribution is -0.128. The zero-order valence-corrected chi connectivity index (χ0v) is 15.1. The van der Waals surface area contributed by atoms with Crippen molar-refractivity contribution in [1.29, 1.82) is 0 Å². The summed E-state index contributed by atoms with van der Waals surface area (Å²) in [4.78, 5) is 38.9. The second-order valence-electron chi connectivity index (χ2n) is 6.89. The zero-order valence-electron chi connectivity index (χ0n) is 15.1. The summed E-state index contributed by atoms with van der Waals surface area (Å²) in [6, 6.07) is 6.82. The van der Waals surface area contributed by atoms with Crippen LogP contribution in [0.5, 0.6) is 0 Å². The van der Waals surface area contributed by atoms with E-state index in [1.807, 2.05) is 13.0 Å². The standard InChI is InChI=1S/C19H26N4O3/c1-2-20-17(25)19(9-4-3-5-10-19)22-16(24)14-7-6-8-15(13-14)23-12-11-21-18(23)26/h6-8,13H,2-5,9-12H2,1H3,(H,20,25)(H,21,26)(H,22,24). The Morgan fingerprint density at radius 1 is 1.23 bits per heavy atom. The lowest BCUT2D eigenvalue weighted by Gasteiger charge is -2.36. The van der Waals surface area contributed by atoms with E-state index in [9.17, 15) is 14.4 Å². The minimum atomic E-state index is -0.841. The van der Waals surface area contributed by atoms with Crippen LogP contribution in [0.1, 0.15) is 49.4 Å². The van der Waals surface area contributed by atoms with Crippen LogP contribution in [0.25, 0.3) is 0 Å². The number of likely N-dealkylation sites (N-methyl/N-ethyl adjacent to an activating group) is 1. The first-order valence-corrected chi connectivity index (χ1v) is 9.32. The predicted octanol–water partition coefficient (Wildman–Crippen LogP) is 1.78. The number of nitrogens with zero attached hydrogens (tertiary/aromatic N) is 1. The molecule has 140 valence electrons. The van der Waals surface area contributed by atoms with Crippen LogP contribution in [-0.4, -0.2) is 43.0 Å². The Bertz CT molecular complexity index is 698. The fraction of sp³-hybridized carbons (Fsp3) is 0.526. The van der Waals surface area contributed by atoms with Gasteiger partial charge in [0, 0.05) is 30.9 Å². The van der Waals surface area contributed by atoms with E-state index in [4.69, 9.17) is 0 Å². The van der Waals surface area contributed by atoms with Gasteiger partial charge in [0.2, 0.25) is 5.91 Å². The quantitative estimate of drug-likeness (QED) is 0.749. The SMILES string of the molecule is CCNC(=O)C1(NC(=O)c2cccc(N3CCNC3=O)c2)CCCCC1. The van der Waals surface area contributed by atoms with E-state index in [0.29, 0.717) is 43.7 Å². The van der Waals surface area contributed by atoms with Crippen molar-refractivity contribution in [2.24, 2.45) is 0 Å². The largest absolute Gasteiger partial charge is 0.354 e. The van der Waals surface area contributed by atoms with Gasteiger partial charge in [-0.05, 0) is 38.0 Å². The smallest absolute Gasteiger partial charge is 0.321 e. The molecule has 2 aliphatic rings. The van der Waals surface area contributed by atoms with Crippen molar-refractivity contribution in [2.45, 2.75) is 44.6 Å². The number of nitrogens with one attached hydrogen (secondary N) is 3. The Kier molecular flexibility index (Phi) is 5.44. The monoisotopic (exact) mass is 358 g/mol. The molecular weight excluding hydrogens is 332 g/mol. The molecule has 0 aromatic heterocycles. The molecule has 4 amide bonds. The van der Waals surface area contributed by atoms with E-state index in [1.54, 1.807) is 23.1 Å². The number of benzene rings is 1. The lowest BCUT2D eigenvalue weighted by atomic mass is 9.80. The highest BCUT2D eigenvalue weighted by Gasteiger charge is 2.40. The molecule has 1 saturated heterocycles. The van der Waals surface area contributed by atoms with Gasteiger partial charge in [0.25, 0.3) is 5.91 Å². The summed E-state index contributed by atoms with van der Waals surface area (Å²) in [6.07, 6.45) is 4.23. The van der Waals surface area contributed by atoms with Gasteiger partial charge in [-0.3, -0.25) is 14.5 Å². The van der Waals surface area contributed by atoms with Crippen molar-refractivity contribution in [2.75, 3.05) is 24.5 Å². The number of carbonyl (C=O) groups excluding carboxylic acids is 3. The van der Waals surface area contributed by atoms with E-state index in [1.165, 1.54) is 0 Å². The van der Waals surface area contributed by atoms with E-state index in [0.717, 1.165) is 19.3 Å². The summed E-state index contributed by atoms with van der Waals surface area (Å²) in [7, 11) is 0. The number of amides is 4. The summed E-state index contributed by atoms with van der Waals surface area (Å²) < 4.78 is 0. The van der Waals surface area contributed by atoms with Gasteiger partial charge in [-0.2, -0.15) is 0 Å². The van der Waals surface area contributed by atoms with Gasteiger partial charge in [-0.25, -0.2) is 4.79 Å². The third-order valence-corrected chi connectivity index (χ3v) is 5.11. The molecule has 1 saturated carbocycles. The minimum Gasteiger partial charge on any atom is -0.354 e. The Hall–Kier alpha value is -2.57. The molecule has 7 heteroatoms. The Morgan fingerprint density at radius 2 is 2.00 bits per heavy atom. The van der Waals surface area contributed by atoms with Gasteiger partial charge in [0.15, 0.2) is 0 Å². The van der Waals surface area contributed by atoms with Crippen molar-refractivity contribution in [3.63, 3.8) is 0 Å². The Balaban J connectivity index is 1.79. The average molecular weight is 358 g/mol. The molecule has 7 nitrogen and oxygen atoms in total. The molecule has 3 N–H and O–H groups in total. The second-order valence-corrected chi connectivity index (χ2v) is 6.89. The summed E-state index contributed by atoms with van der Waals surface area (Å²) in [5.41, 5.74) is 0.298. The van der Waals surface area contributed by atoms with Crippen LogP contribution in [0.2, 0.25) is 0 Å². The van der Waals surface area contributed by atoms with Gasteiger partial charge in [-0.15, -0.1) is 0 Å². The number of rotatable bonds is 5. The van der Waals surface area contributed by atoms with Crippen molar-refractivity contribution >= 4 is 23.5 Å². The molecule has 1 aliphatic heterocycles. The molecule has 2 fully saturated rings. The maximum atomic E-state index is 12.9. The van der Waals surface area contributed by atoms with Crippen molar-refractivity contribution in [3.05, 3.63) is 29.8 Å². The van der Waals surface area contributed by atoms with Crippen LogP contribution in [0.3, 0.4) is 0 Å². The minimum absolute atomic E-state index is 0.108. The number of carbonyl (C=O) groups is 3. The highest BCUT2D eigenvalue weighted by molar-refractivity contribution is 6.01. The van der Waals surface area contributed by atoms with Crippen molar-refractivity contribution in [3.8, 4) is 0 Å². The molecule has 1 heterocycles.